The van der Waals surface area contributed by atoms with Gasteiger partial charge in [-0.05, 0) is 51.3 Å². The Hall–Kier alpha value is -0.943. The molecule has 136 valence electrons. The van der Waals surface area contributed by atoms with Gasteiger partial charge in [0.1, 0.15) is 0 Å². The molecule has 0 radical (unpaired) electrons. The number of benzene rings is 1. The molecule has 0 bridgehead atoms. The first kappa shape index (κ1) is 21.1. The van der Waals surface area contributed by atoms with Crippen LogP contribution in [0.15, 0.2) is 36.0 Å². The highest BCUT2D eigenvalue weighted by Gasteiger charge is 2.42. The second-order valence-corrected chi connectivity index (χ2v) is 8.61. The molecule has 0 aliphatic carbocycles. The zero-order chi connectivity index (χ0) is 18.0. The van der Waals surface area contributed by atoms with Crippen LogP contribution < -0.4 is 0 Å². The Labute approximate surface area is 149 Å². The zero-order valence-corrected chi connectivity index (χ0v) is 17.1. The molecule has 1 aromatic rings. The van der Waals surface area contributed by atoms with Gasteiger partial charge >= 0.3 is 8.80 Å². The van der Waals surface area contributed by atoms with E-state index in [1.54, 1.807) is 0 Å². The predicted octanol–water partition coefficient (Wildman–Crippen LogP) is 5.62. The van der Waals surface area contributed by atoms with Gasteiger partial charge in [0, 0.05) is 18.3 Å². The van der Waals surface area contributed by atoms with Gasteiger partial charge in [-0.1, -0.05) is 57.2 Å². The van der Waals surface area contributed by atoms with Crippen LogP contribution >= 0.6 is 0 Å². The van der Waals surface area contributed by atoms with Crippen molar-refractivity contribution in [2.24, 2.45) is 0 Å². The molecule has 3 nitrogen and oxygen atoms in total. The molecule has 0 amide bonds. The van der Waals surface area contributed by atoms with Crippen molar-refractivity contribution in [3.8, 4) is 0 Å². The topological polar surface area (TPSA) is 27.7 Å². The van der Waals surface area contributed by atoms with Crippen LogP contribution in [0.1, 0.15) is 66.4 Å². The minimum absolute atomic E-state index is 0.102. The van der Waals surface area contributed by atoms with Gasteiger partial charge in [-0.2, -0.15) is 0 Å². The van der Waals surface area contributed by atoms with Crippen molar-refractivity contribution in [3.63, 3.8) is 0 Å². The summed E-state index contributed by atoms with van der Waals surface area (Å²) in [7, 11) is -2.91. The van der Waals surface area contributed by atoms with Crippen molar-refractivity contribution in [3.05, 3.63) is 41.6 Å². The Kier molecular flexibility index (Phi) is 9.52. The summed E-state index contributed by atoms with van der Waals surface area (Å²) in [5.74, 6) is 0. The Balaban J connectivity index is 3.13. The van der Waals surface area contributed by atoms with E-state index in [2.05, 4.69) is 59.8 Å². The summed E-state index contributed by atoms with van der Waals surface area (Å²) >= 11 is 0. The van der Waals surface area contributed by atoms with Gasteiger partial charge in [0.25, 0.3) is 0 Å². The molecule has 0 N–H and O–H groups in total. The SMILES string of the molecule is CCC(C)O[Si](/C=C/c1ccccc1)(OC(C)CC)OC(C)CC. The standard InChI is InChI=1S/C20H34O3Si/c1-7-17(4)21-24(22-18(5)8-2,23-19(6)9-3)16-15-20-13-11-10-12-14-20/h10-19H,7-9H2,1-6H3/b16-15+. The molecule has 0 aliphatic heterocycles. The van der Waals surface area contributed by atoms with Crippen molar-refractivity contribution in [1.29, 1.82) is 0 Å². The van der Waals surface area contributed by atoms with Gasteiger partial charge < -0.3 is 13.3 Å². The van der Waals surface area contributed by atoms with E-state index in [0.717, 1.165) is 24.8 Å². The summed E-state index contributed by atoms with van der Waals surface area (Å²) in [5.41, 5.74) is 3.18. The highest BCUT2D eigenvalue weighted by Crippen LogP contribution is 2.23. The normalized spacial score (nSPS) is 18.2. The van der Waals surface area contributed by atoms with E-state index in [9.17, 15) is 0 Å². The van der Waals surface area contributed by atoms with Crippen LogP contribution in [-0.4, -0.2) is 27.1 Å². The third-order valence-electron chi connectivity index (χ3n) is 4.10. The molecule has 1 aromatic carbocycles. The minimum Gasteiger partial charge on any atom is -0.368 e. The maximum Gasteiger partial charge on any atom is 0.530 e. The van der Waals surface area contributed by atoms with E-state index < -0.39 is 8.80 Å². The van der Waals surface area contributed by atoms with Gasteiger partial charge in [-0.15, -0.1) is 0 Å². The van der Waals surface area contributed by atoms with Crippen LogP contribution in [0.25, 0.3) is 6.08 Å². The van der Waals surface area contributed by atoms with Crippen LogP contribution in [0, 0.1) is 0 Å². The fourth-order valence-electron chi connectivity index (χ4n) is 2.05. The summed E-state index contributed by atoms with van der Waals surface area (Å²) in [4.78, 5) is 0. The molecule has 0 fully saturated rings. The number of rotatable bonds is 11. The van der Waals surface area contributed by atoms with E-state index in [0.29, 0.717) is 0 Å². The molecule has 24 heavy (non-hydrogen) atoms. The molecule has 1 rings (SSSR count). The Morgan fingerprint density at radius 1 is 0.792 bits per heavy atom. The molecule has 3 atom stereocenters. The van der Waals surface area contributed by atoms with E-state index in [4.69, 9.17) is 13.3 Å². The molecule has 0 saturated carbocycles. The van der Waals surface area contributed by atoms with Crippen LogP contribution in [0.3, 0.4) is 0 Å². The van der Waals surface area contributed by atoms with Crippen LogP contribution in [-0.2, 0) is 13.3 Å². The van der Waals surface area contributed by atoms with Crippen molar-refractivity contribution in [2.75, 3.05) is 0 Å². The molecule has 0 heterocycles. The molecule has 0 aliphatic rings. The van der Waals surface area contributed by atoms with E-state index in [1.807, 2.05) is 23.9 Å². The third-order valence-corrected chi connectivity index (χ3v) is 6.87. The highest BCUT2D eigenvalue weighted by molar-refractivity contribution is 6.67. The summed E-state index contributed by atoms with van der Waals surface area (Å²) in [5, 5.41) is 0. The minimum atomic E-state index is -2.91. The molecule has 4 heteroatoms. The second-order valence-electron chi connectivity index (χ2n) is 6.36. The summed E-state index contributed by atoms with van der Waals surface area (Å²) in [6.07, 6.45) is 5.17. The zero-order valence-electron chi connectivity index (χ0n) is 16.1. The van der Waals surface area contributed by atoms with Crippen molar-refractivity contribution < 1.29 is 13.3 Å². The summed E-state index contributed by atoms with van der Waals surface area (Å²) in [6, 6.07) is 10.2. The van der Waals surface area contributed by atoms with Gasteiger partial charge in [-0.25, -0.2) is 0 Å². The number of hydrogen-bond acceptors (Lipinski definition) is 3. The predicted molar refractivity (Wildman–Crippen MR) is 104 cm³/mol. The monoisotopic (exact) mass is 350 g/mol. The lowest BCUT2D eigenvalue weighted by Crippen LogP contribution is -2.50. The first-order chi connectivity index (χ1) is 11.4. The maximum absolute atomic E-state index is 6.36. The van der Waals surface area contributed by atoms with E-state index >= 15 is 0 Å². The van der Waals surface area contributed by atoms with Gasteiger partial charge in [-0.3, -0.25) is 0 Å². The molecular weight excluding hydrogens is 316 g/mol. The lowest BCUT2D eigenvalue weighted by Gasteiger charge is -2.34. The third kappa shape index (κ3) is 7.30. The summed E-state index contributed by atoms with van der Waals surface area (Å²) < 4.78 is 19.1. The fraction of sp³-hybridized carbons (Fsp3) is 0.600. The van der Waals surface area contributed by atoms with Crippen LogP contribution in [0.4, 0.5) is 0 Å². The molecule has 0 saturated heterocycles. The Morgan fingerprint density at radius 2 is 1.21 bits per heavy atom. The van der Waals surface area contributed by atoms with Crippen LogP contribution in [0.2, 0.25) is 0 Å². The summed E-state index contributed by atoms with van der Waals surface area (Å²) in [6.45, 7) is 12.6. The van der Waals surface area contributed by atoms with Crippen molar-refractivity contribution in [1.82, 2.24) is 0 Å². The molecular formula is C20H34O3Si. The molecule has 0 aromatic heterocycles. The molecule has 0 spiro atoms. The number of hydrogen-bond donors (Lipinski definition) is 0. The van der Waals surface area contributed by atoms with Gasteiger partial charge in [0.05, 0.1) is 0 Å². The van der Waals surface area contributed by atoms with Crippen molar-refractivity contribution >= 4 is 14.9 Å². The Morgan fingerprint density at radius 3 is 1.58 bits per heavy atom. The van der Waals surface area contributed by atoms with E-state index in [-0.39, 0.29) is 18.3 Å². The van der Waals surface area contributed by atoms with E-state index in [1.165, 1.54) is 0 Å². The smallest absolute Gasteiger partial charge is 0.368 e. The lowest BCUT2D eigenvalue weighted by atomic mass is 10.2. The van der Waals surface area contributed by atoms with Gasteiger partial charge in [0.2, 0.25) is 0 Å². The lowest BCUT2D eigenvalue weighted by molar-refractivity contribution is -0.000415. The average Bonchev–Trinajstić information content (AvgIpc) is 2.60. The fourth-order valence-corrected chi connectivity index (χ4v) is 5.04. The maximum atomic E-state index is 6.36. The first-order valence-corrected chi connectivity index (χ1v) is 11.0. The average molecular weight is 351 g/mol. The molecule has 3 unspecified atom stereocenters. The second kappa shape index (κ2) is 10.8. The highest BCUT2D eigenvalue weighted by atomic mass is 28.4. The van der Waals surface area contributed by atoms with Gasteiger partial charge in [0.15, 0.2) is 0 Å². The Bertz CT molecular complexity index is 444. The van der Waals surface area contributed by atoms with Crippen molar-refractivity contribution in [2.45, 2.75) is 79.1 Å². The quantitative estimate of drug-likeness (QED) is 0.485. The van der Waals surface area contributed by atoms with Crippen LogP contribution in [0.5, 0.6) is 0 Å². The largest absolute Gasteiger partial charge is 0.530 e. The first-order valence-electron chi connectivity index (χ1n) is 9.22.